The zero-order chi connectivity index (χ0) is 16.1. The third kappa shape index (κ3) is 3.46. The van der Waals surface area contributed by atoms with Crippen molar-refractivity contribution in [1.29, 1.82) is 0 Å². The lowest BCUT2D eigenvalue weighted by Crippen LogP contribution is -2.47. The van der Waals surface area contributed by atoms with Gasteiger partial charge >= 0.3 is 0 Å². The molecule has 1 aliphatic heterocycles. The topological polar surface area (TPSA) is 80.3 Å². The van der Waals surface area contributed by atoms with Gasteiger partial charge in [-0.2, -0.15) is 0 Å². The minimum atomic E-state index is -3.74. The second-order valence-corrected chi connectivity index (χ2v) is 10.0. The number of benzene rings is 1. The Morgan fingerprint density at radius 1 is 1.14 bits per heavy atom. The molecule has 1 fully saturated rings. The fraction of sp³-hybridized carbons (Fsp3) is 0.571. The summed E-state index contributed by atoms with van der Waals surface area (Å²) in [5.74, 6) is -0.124. The molecule has 0 aromatic heterocycles. The van der Waals surface area contributed by atoms with Gasteiger partial charge in [-0.05, 0) is 45.2 Å². The van der Waals surface area contributed by atoms with E-state index in [0.717, 1.165) is 5.56 Å². The van der Waals surface area contributed by atoms with E-state index >= 15 is 0 Å². The SMILES string of the molecule is Cc1cc(C)c(S(=O)(=O)N[C@]2(C)CCS(=O)(=O)C2)c(C)c1. The van der Waals surface area contributed by atoms with Crippen molar-refractivity contribution in [3.05, 3.63) is 28.8 Å². The zero-order valence-corrected chi connectivity index (χ0v) is 14.4. The molecule has 1 aromatic rings. The van der Waals surface area contributed by atoms with E-state index in [1.165, 1.54) is 0 Å². The Balaban J connectivity index is 2.41. The molecule has 1 saturated heterocycles. The van der Waals surface area contributed by atoms with Gasteiger partial charge in [-0.25, -0.2) is 21.6 Å². The fourth-order valence-electron chi connectivity index (χ4n) is 3.06. The van der Waals surface area contributed by atoms with Crippen molar-refractivity contribution in [2.24, 2.45) is 0 Å². The highest BCUT2D eigenvalue weighted by atomic mass is 32.2. The molecule has 0 saturated carbocycles. The smallest absolute Gasteiger partial charge is 0.229 e. The number of nitrogens with one attached hydrogen (secondary N) is 1. The molecule has 21 heavy (non-hydrogen) atoms. The molecule has 0 aliphatic carbocycles. The Hall–Kier alpha value is -0.920. The van der Waals surface area contributed by atoms with Gasteiger partial charge in [0, 0.05) is 5.54 Å². The van der Waals surface area contributed by atoms with E-state index in [1.807, 2.05) is 19.1 Å². The zero-order valence-electron chi connectivity index (χ0n) is 12.7. The molecular weight excluding hydrogens is 310 g/mol. The van der Waals surface area contributed by atoms with Gasteiger partial charge in [0.2, 0.25) is 10.0 Å². The minimum Gasteiger partial charge on any atom is -0.229 e. The van der Waals surface area contributed by atoms with Crippen LogP contribution in [-0.4, -0.2) is 33.9 Å². The maximum atomic E-state index is 12.7. The number of sulfonamides is 1. The summed E-state index contributed by atoms with van der Waals surface area (Å²) in [4.78, 5) is 0.249. The first kappa shape index (κ1) is 16.5. The van der Waals surface area contributed by atoms with Crippen molar-refractivity contribution < 1.29 is 16.8 Å². The largest absolute Gasteiger partial charge is 0.241 e. The van der Waals surface area contributed by atoms with Crippen molar-refractivity contribution in [2.45, 2.75) is 44.6 Å². The average molecular weight is 331 g/mol. The van der Waals surface area contributed by atoms with Crippen molar-refractivity contribution in [1.82, 2.24) is 4.72 Å². The summed E-state index contributed by atoms with van der Waals surface area (Å²) in [6, 6.07) is 3.63. The van der Waals surface area contributed by atoms with Crippen molar-refractivity contribution in [3.8, 4) is 0 Å². The Morgan fingerprint density at radius 3 is 2.10 bits per heavy atom. The van der Waals surface area contributed by atoms with Crippen LogP contribution < -0.4 is 4.72 Å². The second-order valence-electron chi connectivity index (χ2n) is 6.24. The van der Waals surface area contributed by atoms with E-state index in [9.17, 15) is 16.8 Å². The maximum Gasteiger partial charge on any atom is 0.241 e. The lowest BCUT2D eigenvalue weighted by molar-refractivity contribution is 0.461. The van der Waals surface area contributed by atoms with Gasteiger partial charge in [-0.3, -0.25) is 0 Å². The Bertz CT molecular complexity index is 758. The predicted molar refractivity (Wildman–Crippen MR) is 82.7 cm³/mol. The number of hydrogen-bond donors (Lipinski definition) is 1. The van der Waals surface area contributed by atoms with E-state index in [2.05, 4.69) is 4.72 Å². The van der Waals surface area contributed by atoms with Crippen molar-refractivity contribution in [2.75, 3.05) is 11.5 Å². The molecule has 0 spiro atoms. The van der Waals surface area contributed by atoms with Gasteiger partial charge in [-0.15, -0.1) is 0 Å². The third-order valence-electron chi connectivity index (χ3n) is 3.76. The summed E-state index contributed by atoms with van der Waals surface area (Å²) in [6.45, 7) is 7.06. The van der Waals surface area contributed by atoms with Crippen LogP contribution in [0.15, 0.2) is 17.0 Å². The monoisotopic (exact) mass is 331 g/mol. The number of sulfone groups is 1. The highest BCUT2D eigenvalue weighted by Gasteiger charge is 2.41. The van der Waals surface area contributed by atoms with Crippen LogP contribution in [0.2, 0.25) is 0 Å². The summed E-state index contributed by atoms with van der Waals surface area (Å²) in [5, 5.41) is 0. The molecule has 1 atom stereocenters. The van der Waals surface area contributed by atoms with Crippen LogP contribution in [0.4, 0.5) is 0 Å². The molecule has 1 aromatic carbocycles. The molecule has 0 radical (unpaired) electrons. The van der Waals surface area contributed by atoms with Gasteiger partial charge in [0.25, 0.3) is 0 Å². The average Bonchev–Trinajstić information content (AvgIpc) is 2.48. The van der Waals surface area contributed by atoms with Crippen LogP contribution in [0.3, 0.4) is 0 Å². The number of hydrogen-bond acceptors (Lipinski definition) is 4. The van der Waals surface area contributed by atoms with Crippen LogP contribution in [0, 0.1) is 20.8 Å². The standard InChI is InChI=1S/C14H21NO4S2/c1-10-7-11(2)13(12(3)8-10)21(18,19)15-14(4)5-6-20(16,17)9-14/h7-8,15H,5-6,9H2,1-4H3/t14-/m1/s1. The summed E-state index contributed by atoms with van der Waals surface area (Å²) in [6.07, 6.45) is 0.304. The molecule has 5 nitrogen and oxygen atoms in total. The molecule has 0 unspecified atom stereocenters. The van der Waals surface area contributed by atoms with Gasteiger partial charge in [-0.1, -0.05) is 17.7 Å². The van der Waals surface area contributed by atoms with Gasteiger partial charge in [0.1, 0.15) is 0 Å². The van der Waals surface area contributed by atoms with Gasteiger partial charge in [0.15, 0.2) is 9.84 Å². The van der Waals surface area contributed by atoms with Crippen molar-refractivity contribution in [3.63, 3.8) is 0 Å². The number of aryl methyl sites for hydroxylation is 3. The first-order valence-electron chi connectivity index (χ1n) is 6.76. The lowest BCUT2D eigenvalue weighted by atomic mass is 10.0. The molecule has 1 aliphatic rings. The summed E-state index contributed by atoms with van der Waals surface area (Å²) in [7, 11) is -6.91. The van der Waals surface area contributed by atoms with E-state index in [4.69, 9.17) is 0 Å². The van der Waals surface area contributed by atoms with Crippen LogP contribution in [0.5, 0.6) is 0 Å². The number of rotatable bonds is 3. The van der Waals surface area contributed by atoms with E-state index in [1.54, 1.807) is 20.8 Å². The molecule has 118 valence electrons. The molecule has 0 bridgehead atoms. The van der Waals surface area contributed by atoms with Gasteiger partial charge < -0.3 is 0 Å². The summed E-state index contributed by atoms with van der Waals surface area (Å²) in [5.41, 5.74) is 1.41. The summed E-state index contributed by atoms with van der Waals surface area (Å²) < 4.78 is 51.1. The molecular formula is C14H21NO4S2. The van der Waals surface area contributed by atoms with Crippen molar-refractivity contribution >= 4 is 19.9 Å². The molecule has 1 N–H and O–H groups in total. The minimum absolute atomic E-state index is 0.0257. The Labute approximate surface area is 126 Å². The van der Waals surface area contributed by atoms with E-state index in [-0.39, 0.29) is 16.4 Å². The lowest BCUT2D eigenvalue weighted by Gasteiger charge is -2.25. The Morgan fingerprint density at radius 2 is 1.67 bits per heavy atom. The first-order chi connectivity index (χ1) is 9.44. The van der Waals surface area contributed by atoms with Crippen LogP contribution in [-0.2, 0) is 19.9 Å². The quantitative estimate of drug-likeness (QED) is 0.909. The highest BCUT2D eigenvalue weighted by molar-refractivity contribution is 7.92. The fourth-order valence-corrected chi connectivity index (χ4v) is 7.13. The highest BCUT2D eigenvalue weighted by Crippen LogP contribution is 2.28. The molecule has 0 amide bonds. The van der Waals surface area contributed by atoms with Crippen LogP contribution in [0.25, 0.3) is 0 Å². The summed E-state index contributed by atoms with van der Waals surface area (Å²) >= 11 is 0. The van der Waals surface area contributed by atoms with Crippen LogP contribution >= 0.6 is 0 Å². The molecule has 7 heteroatoms. The molecule has 2 rings (SSSR count). The van der Waals surface area contributed by atoms with E-state index in [0.29, 0.717) is 17.5 Å². The maximum absolute atomic E-state index is 12.7. The Kier molecular flexibility index (Phi) is 3.97. The second kappa shape index (κ2) is 5.07. The molecule has 1 heterocycles. The van der Waals surface area contributed by atoms with E-state index < -0.39 is 25.4 Å². The first-order valence-corrected chi connectivity index (χ1v) is 10.1. The normalized spacial score (nSPS) is 25.1. The van der Waals surface area contributed by atoms with Gasteiger partial charge in [0.05, 0.1) is 16.4 Å². The third-order valence-corrected chi connectivity index (χ3v) is 7.60. The van der Waals surface area contributed by atoms with Crippen LogP contribution in [0.1, 0.15) is 30.0 Å². The predicted octanol–water partition coefficient (Wildman–Crippen LogP) is 1.47.